The van der Waals surface area contributed by atoms with Gasteiger partial charge in [0, 0.05) is 17.9 Å². The molecule has 0 bridgehead atoms. The summed E-state index contributed by atoms with van der Waals surface area (Å²) < 4.78 is 66.1. The number of benzene rings is 2. The van der Waals surface area contributed by atoms with E-state index in [0.29, 0.717) is 31.4 Å². The lowest BCUT2D eigenvalue weighted by Crippen LogP contribution is -2.36. The van der Waals surface area contributed by atoms with Crippen molar-refractivity contribution in [1.82, 2.24) is 14.9 Å². The van der Waals surface area contributed by atoms with Crippen molar-refractivity contribution in [3.63, 3.8) is 0 Å². The molecule has 3 aromatic rings. The first-order valence-electron chi connectivity index (χ1n) is 12.9. The molecule has 0 unspecified atom stereocenters. The van der Waals surface area contributed by atoms with Crippen LogP contribution >= 0.6 is 0 Å². The molecular formula is C28H26F3N3O6S. The predicted octanol–water partition coefficient (Wildman–Crippen LogP) is 3.81. The molecule has 0 atom stereocenters. The van der Waals surface area contributed by atoms with Crippen LogP contribution in [0.3, 0.4) is 0 Å². The maximum Gasteiger partial charge on any atom is 0.416 e. The van der Waals surface area contributed by atoms with E-state index >= 15 is 0 Å². The zero-order valence-electron chi connectivity index (χ0n) is 21.9. The first-order valence-corrected chi connectivity index (χ1v) is 14.4. The second-order valence-electron chi connectivity index (χ2n) is 9.91. The van der Waals surface area contributed by atoms with Gasteiger partial charge in [-0.1, -0.05) is 18.2 Å². The summed E-state index contributed by atoms with van der Waals surface area (Å²) in [6.45, 7) is 1.91. The maximum absolute atomic E-state index is 13.5. The van der Waals surface area contributed by atoms with E-state index in [9.17, 15) is 36.0 Å². The van der Waals surface area contributed by atoms with Crippen LogP contribution in [0.15, 0.2) is 64.3 Å². The van der Waals surface area contributed by atoms with Gasteiger partial charge in [-0.15, -0.1) is 0 Å². The molecule has 1 saturated carbocycles. The van der Waals surface area contributed by atoms with Crippen molar-refractivity contribution in [3.05, 3.63) is 92.9 Å². The summed E-state index contributed by atoms with van der Waals surface area (Å²) in [5, 5.41) is 3.30. The van der Waals surface area contributed by atoms with E-state index in [4.69, 9.17) is 4.84 Å². The number of hydroxylamine groups is 2. The quantitative estimate of drug-likeness (QED) is 0.449. The van der Waals surface area contributed by atoms with Crippen LogP contribution in [0.4, 0.5) is 13.2 Å². The van der Waals surface area contributed by atoms with Gasteiger partial charge < -0.3 is 5.32 Å². The molecule has 5 rings (SSSR count). The van der Waals surface area contributed by atoms with Gasteiger partial charge in [-0.05, 0) is 68.1 Å². The van der Waals surface area contributed by atoms with Gasteiger partial charge in [0.2, 0.25) is 0 Å². The number of hydrogen-bond donors (Lipinski definition) is 1. The van der Waals surface area contributed by atoms with E-state index in [-0.39, 0.29) is 40.2 Å². The highest BCUT2D eigenvalue weighted by molar-refractivity contribution is 7.92. The molecule has 2 fully saturated rings. The van der Waals surface area contributed by atoms with Crippen molar-refractivity contribution < 1.29 is 36.0 Å². The molecule has 2 amide bonds. The van der Waals surface area contributed by atoms with E-state index in [2.05, 4.69) is 5.32 Å². The molecule has 216 valence electrons. The fraction of sp³-hybridized carbons (Fsp3) is 0.321. The highest BCUT2D eigenvalue weighted by atomic mass is 32.2. The largest absolute Gasteiger partial charge is 0.416 e. The molecule has 1 aliphatic carbocycles. The Balaban J connectivity index is 1.49. The van der Waals surface area contributed by atoms with Gasteiger partial charge in [0.25, 0.3) is 17.4 Å². The molecule has 1 N–H and O–H groups in total. The third kappa shape index (κ3) is 5.77. The van der Waals surface area contributed by atoms with Crippen molar-refractivity contribution in [2.75, 3.05) is 13.2 Å². The van der Waals surface area contributed by atoms with Crippen LogP contribution in [0, 0.1) is 6.92 Å². The average Bonchev–Trinajstić information content (AvgIpc) is 3.67. The molecule has 2 heterocycles. The molecule has 1 saturated heterocycles. The number of alkyl halides is 3. The predicted molar refractivity (Wildman–Crippen MR) is 141 cm³/mol. The van der Waals surface area contributed by atoms with Crippen molar-refractivity contribution >= 4 is 21.7 Å². The summed E-state index contributed by atoms with van der Waals surface area (Å²) >= 11 is 0. The van der Waals surface area contributed by atoms with Crippen molar-refractivity contribution in [3.8, 4) is 5.69 Å². The summed E-state index contributed by atoms with van der Waals surface area (Å²) in [7, 11) is -3.38. The standard InChI is InChI=1S/C28H26F3N3O6S/c1-17-23(26(36)33-12-3-13-40-33)15-24(27(37)34(17)20-5-2-4-19(14-20)28(29,30)31)25(35)32-16-18-6-8-21(9-7-18)41(38,39)22-10-11-22/h2,4-9,14-15,22H,3,10-13,16H2,1H3,(H,32,35). The monoisotopic (exact) mass is 589 g/mol. The van der Waals surface area contributed by atoms with Crippen molar-refractivity contribution in [1.29, 1.82) is 0 Å². The average molecular weight is 590 g/mol. The molecule has 1 aromatic heterocycles. The van der Waals surface area contributed by atoms with Crippen LogP contribution in [-0.2, 0) is 27.4 Å². The number of carbonyl (C=O) groups is 2. The Morgan fingerprint density at radius 1 is 1.05 bits per heavy atom. The van der Waals surface area contributed by atoms with Gasteiger partial charge in [0.15, 0.2) is 9.84 Å². The van der Waals surface area contributed by atoms with Gasteiger partial charge in [0.1, 0.15) is 5.56 Å². The van der Waals surface area contributed by atoms with Crippen LogP contribution in [0.1, 0.15) is 56.8 Å². The van der Waals surface area contributed by atoms with Gasteiger partial charge in [-0.25, -0.2) is 13.5 Å². The lowest BCUT2D eigenvalue weighted by atomic mass is 10.1. The number of carbonyl (C=O) groups excluding carboxylic acids is 2. The lowest BCUT2D eigenvalue weighted by Gasteiger charge is -2.20. The number of amides is 2. The van der Waals surface area contributed by atoms with E-state index < -0.39 is 44.5 Å². The highest BCUT2D eigenvalue weighted by Crippen LogP contribution is 2.33. The number of nitrogens with zero attached hydrogens (tertiary/aromatic N) is 2. The smallest absolute Gasteiger partial charge is 0.348 e. The Hall–Kier alpha value is -3.97. The van der Waals surface area contributed by atoms with Gasteiger partial charge >= 0.3 is 6.18 Å². The first-order chi connectivity index (χ1) is 19.4. The van der Waals surface area contributed by atoms with E-state index in [0.717, 1.165) is 33.9 Å². The molecule has 13 heteroatoms. The van der Waals surface area contributed by atoms with Gasteiger partial charge in [-0.3, -0.25) is 23.8 Å². The summed E-state index contributed by atoms with van der Waals surface area (Å²) in [4.78, 5) is 45.5. The topological polar surface area (TPSA) is 115 Å². The molecule has 1 aliphatic heterocycles. The van der Waals surface area contributed by atoms with Gasteiger partial charge in [-0.2, -0.15) is 13.2 Å². The number of sulfone groups is 1. The van der Waals surface area contributed by atoms with E-state index in [1.54, 1.807) is 12.1 Å². The lowest BCUT2D eigenvalue weighted by molar-refractivity contribution is -0.137. The van der Waals surface area contributed by atoms with E-state index in [1.165, 1.54) is 25.1 Å². The molecule has 41 heavy (non-hydrogen) atoms. The summed E-state index contributed by atoms with van der Waals surface area (Å²) in [5.41, 5.74) is -2.02. The zero-order chi connectivity index (χ0) is 29.5. The Morgan fingerprint density at radius 3 is 2.37 bits per heavy atom. The first kappa shape index (κ1) is 28.6. The van der Waals surface area contributed by atoms with Crippen LogP contribution in [-0.4, -0.2) is 48.3 Å². The normalized spacial score (nSPS) is 15.7. The summed E-state index contributed by atoms with van der Waals surface area (Å²) in [5.74, 6) is -1.50. The Bertz CT molecular complexity index is 1670. The number of nitrogens with one attached hydrogen (secondary N) is 1. The summed E-state index contributed by atoms with van der Waals surface area (Å²) in [6.07, 6.45) is -2.85. The SMILES string of the molecule is Cc1c(C(=O)N2CCCO2)cc(C(=O)NCc2ccc(S(=O)(=O)C3CC3)cc2)c(=O)n1-c1cccc(C(F)(F)F)c1. The van der Waals surface area contributed by atoms with Crippen molar-refractivity contribution in [2.45, 2.75) is 49.1 Å². The molecule has 0 radical (unpaired) electrons. The second-order valence-corrected chi connectivity index (χ2v) is 12.1. The third-order valence-electron chi connectivity index (χ3n) is 7.00. The van der Waals surface area contributed by atoms with Crippen LogP contribution in [0.2, 0.25) is 0 Å². The molecule has 0 spiro atoms. The third-order valence-corrected chi connectivity index (χ3v) is 9.28. The Morgan fingerprint density at radius 2 is 1.76 bits per heavy atom. The fourth-order valence-electron chi connectivity index (χ4n) is 4.60. The van der Waals surface area contributed by atoms with Crippen LogP contribution < -0.4 is 10.9 Å². The Labute approximate surface area is 233 Å². The minimum atomic E-state index is -4.68. The Kier molecular flexibility index (Phi) is 7.51. The second kappa shape index (κ2) is 10.8. The number of pyridine rings is 1. The number of rotatable bonds is 7. The molecule has 9 nitrogen and oxygen atoms in total. The summed E-state index contributed by atoms with van der Waals surface area (Å²) in [6, 6.07) is 11.2. The van der Waals surface area contributed by atoms with Crippen LogP contribution in [0.5, 0.6) is 0 Å². The minimum absolute atomic E-state index is 0.0406. The zero-order valence-corrected chi connectivity index (χ0v) is 22.7. The van der Waals surface area contributed by atoms with Gasteiger partial charge in [0.05, 0.1) is 34.4 Å². The molecular weight excluding hydrogens is 563 g/mol. The minimum Gasteiger partial charge on any atom is -0.348 e. The fourth-order valence-corrected chi connectivity index (χ4v) is 6.26. The molecule has 2 aromatic carbocycles. The number of halogens is 3. The van der Waals surface area contributed by atoms with Crippen LogP contribution in [0.25, 0.3) is 5.69 Å². The number of aromatic nitrogens is 1. The maximum atomic E-state index is 13.5. The number of hydrogen-bond acceptors (Lipinski definition) is 6. The van der Waals surface area contributed by atoms with E-state index in [1.807, 2.05) is 0 Å². The highest BCUT2D eigenvalue weighted by Gasteiger charge is 2.37. The van der Waals surface area contributed by atoms with Crippen molar-refractivity contribution in [2.24, 2.45) is 0 Å². The molecule has 2 aliphatic rings.